The third kappa shape index (κ3) is 2.85. The van der Waals surface area contributed by atoms with Crippen LogP contribution >= 0.6 is 0 Å². The molecule has 0 aromatic carbocycles. The second kappa shape index (κ2) is 5.48. The van der Waals surface area contributed by atoms with Crippen molar-refractivity contribution in [3.63, 3.8) is 0 Å². The van der Waals surface area contributed by atoms with E-state index in [0.29, 0.717) is 5.92 Å². The summed E-state index contributed by atoms with van der Waals surface area (Å²) >= 11 is 0. The van der Waals surface area contributed by atoms with Crippen molar-refractivity contribution in [3.8, 4) is 0 Å². The first-order valence-electron chi connectivity index (χ1n) is 6.26. The molecule has 0 aliphatic carbocycles. The number of nitrogens with zero attached hydrogens (tertiary/aromatic N) is 2. The third-order valence-corrected chi connectivity index (χ3v) is 3.16. The van der Waals surface area contributed by atoms with Gasteiger partial charge in [-0.3, -0.25) is 4.68 Å². The largest absolute Gasteiger partial charge is 0.324 e. The van der Waals surface area contributed by atoms with Crippen molar-refractivity contribution in [2.45, 2.75) is 60.0 Å². The summed E-state index contributed by atoms with van der Waals surface area (Å²) in [7, 11) is 0. The number of rotatable bonds is 5. The highest BCUT2D eigenvalue weighted by atomic mass is 15.3. The Hall–Kier alpha value is -0.830. The van der Waals surface area contributed by atoms with Crippen molar-refractivity contribution in [2.24, 2.45) is 11.7 Å². The van der Waals surface area contributed by atoms with Crippen LogP contribution in [0.5, 0.6) is 0 Å². The molecule has 0 bridgehead atoms. The van der Waals surface area contributed by atoms with Gasteiger partial charge in [0.05, 0.1) is 5.69 Å². The molecule has 2 N–H and O–H groups in total. The molecule has 16 heavy (non-hydrogen) atoms. The van der Waals surface area contributed by atoms with Crippen LogP contribution in [0.1, 0.15) is 56.6 Å². The van der Waals surface area contributed by atoms with Crippen LogP contribution in [0.3, 0.4) is 0 Å². The summed E-state index contributed by atoms with van der Waals surface area (Å²) < 4.78 is 2.12. The molecule has 0 spiro atoms. The summed E-state index contributed by atoms with van der Waals surface area (Å²) in [4.78, 5) is 0. The van der Waals surface area contributed by atoms with Gasteiger partial charge in [-0.15, -0.1) is 0 Å². The molecule has 0 aliphatic heterocycles. The molecule has 2 unspecified atom stereocenters. The molecule has 0 saturated heterocycles. The molecule has 0 amide bonds. The summed E-state index contributed by atoms with van der Waals surface area (Å²) in [5.74, 6) is 0.684. The van der Waals surface area contributed by atoms with E-state index in [1.54, 1.807) is 0 Å². The standard InChI is InChI=1S/C13H25N3/c1-6-7-9(2)8-16-12(5)13(10(3)14)11(4)15-16/h9-10H,6-8,14H2,1-5H3. The van der Waals surface area contributed by atoms with Crippen LogP contribution in [0.4, 0.5) is 0 Å². The fraction of sp³-hybridized carbons (Fsp3) is 0.769. The molecule has 1 aromatic heterocycles. The van der Waals surface area contributed by atoms with Gasteiger partial charge >= 0.3 is 0 Å². The van der Waals surface area contributed by atoms with Crippen LogP contribution < -0.4 is 5.73 Å². The van der Waals surface area contributed by atoms with E-state index < -0.39 is 0 Å². The van der Waals surface area contributed by atoms with E-state index >= 15 is 0 Å². The molecule has 1 aromatic rings. The first-order chi connectivity index (χ1) is 7.47. The van der Waals surface area contributed by atoms with Gasteiger partial charge in [-0.1, -0.05) is 20.3 Å². The van der Waals surface area contributed by atoms with E-state index in [0.717, 1.165) is 12.2 Å². The van der Waals surface area contributed by atoms with Crippen molar-refractivity contribution in [3.05, 3.63) is 17.0 Å². The highest BCUT2D eigenvalue weighted by molar-refractivity contribution is 5.27. The maximum absolute atomic E-state index is 5.96. The van der Waals surface area contributed by atoms with E-state index in [1.807, 2.05) is 13.8 Å². The number of nitrogens with two attached hydrogens (primary N) is 1. The summed E-state index contributed by atoms with van der Waals surface area (Å²) in [5, 5.41) is 4.59. The molecule has 92 valence electrons. The first-order valence-corrected chi connectivity index (χ1v) is 6.26. The molecule has 0 saturated carbocycles. The zero-order valence-electron chi connectivity index (χ0n) is 11.2. The molecule has 3 heteroatoms. The van der Waals surface area contributed by atoms with Gasteiger partial charge in [-0.2, -0.15) is 5.10 Å². The number of hydrogen-bond acceptors (Lipinski definition) is 2. The summed E-state index contributed by atoms with van der Waals surface area (Å²) in [5.41, 5.74) is 9.49. The lowest BCUT2D eigenvalue weighted by molar-refractivity contribution is 0.413. The van der Waals surface area contributed by atoms with Gasteiger partial charge in [-0.25, -0.2) is 0 Å². The molecule has 0 fully saturated rings. The van der Waals surface area contributed by atoms with E-state index in [2.05, 4.69) is 30.6 Å². The van der Waals surface area contributed by atoms with Gasteiger partial charge < -0.3 is 5.73 Å². The molecular weight excluding hydrogens is 198 g/mol. The fourth-order valence-corrected chi connectivity index (χ4v) is 2.43. The van der Waals surface area contributed by atoms with Gasteiger partial charge in [0.25, 0.3) is 0 Å². The van der Waals surface area contributed by atoms with Gasteiger partial charge in [-0.05, 0) is 33.1 Å². The van der Waals surface area contributed by atoms with Crippen LogP contribution in [0.25, 0.3) is 0 Å². The minimum atomic E-state index is 0.0789. The van der Waals surface area contributed by atoms with E-state index in [4.69, 9.17) is 5.73 Å². The van der Waals surface area contributed by atoms with Crippen molar-refractivity contribution < 1.29 is 0 Å². The summed E-state index contributed by atoms with van der Waals surface area (Å²) in [6, 6.07) is 0.0789. The molecular formula is C13H25N3. The van der Waals surface area contributed by atoms with Crippen LogP contribution in [-0.2, 0) is 6.54 Å². The Morgan fingerprint density at radius 3 is 2.38 bits per heavy atom. The Bertz CT molecular complexity index is 339. The number of aryl methyl sites for hydroxylation is 1. The SMILES string of the molecule is CCCC(C)Cn1nc(C)c(C(C)N)c1C. The Balaban J connectivity index is 2.86. The number of aromatic nitrogens is 2. The Morgan fingerprint density at radius 2 is 1.94 bits per heavy atom. The molecule has 1 heterocycles. The lowest BCUT2D eigenvalue weighted by Gasteiger charge is -2.12. The highest BCUT2D eigenvalue weighted by Gasteiger charge is 2.15. The van der Waals surface area contributed by atoms with Crippen molar-refractivity contribution in [1.82, 2.24) is 9.78 Å². The van der Waals surface area contributed by atoms with Crippen LogP contribution in [0.2, 0.25) is 0 Å². The van der Waals surface area contributed by atoms with Crippen molar-refractivity contribution in [2.75, 3.05) is 0 Å². The third-order valence-electron chi connectivity index (χ3n) is 3.16. The first kappa shape index (κ1) is 13.2. The Labute approximate surface area is 99.0 Å². The maximum atomic E-state index is 5.96. The van der Waals surface area contributed by atoms with Gasteiger partial charge in [0.1, 0.15) is 0 Å². The maximum Gasteiger partial charge on any atom is 0.0644 e. The van der Waals surface area contributed by atoms with Gasteiger partial charge in [0, 0.05) is 23.8 Å². The van der Waals surface area contributed by atoms with Crippen LogP contribution in [-0.4, -0.2) is 9.78 Å². The molecule has 3 nitrogen and oxygen atoms in total. The quantitative estimate of drug-likeness (QED) is 0.834. The van der Waals surface area contributed by atoms with Crippen molar-refractivity contribution >= 4 is 0 Å². The van der Waals surface area contributed by atoms with Gasteiger partial charge in [0.15, 0.2) is 0 Å². The van der Waals surface area contributed by atoms with E-state index in [9.17, 15) is 0 Å². The molecule has 0 radical (unpaired) electrons. The Morgan fingerprint density at radius 1 is 1.31 bits per heavy atom. The predicted octanol–water partition coefficient (Wildman–Crippen LogP) is 2.96. The molecule has 1 rings (SSSR count). The normalized spacial score (nSPS) is 15.1. The predicted molar refractivity (Wildman–Crippen MR) is 68.4 cm³/mol. The van der Waals surface area contributed by atoms with Gasteiger partial charge in [0.2, 0.25) is 0 Å². The summed E-state index contributed by atoms with van der Waals surface area (Å²) in [6.45, 7) is 11.7. The highest BCUT2D eigenvalue weighted by Crippen LogP contribution is 2.20. The lowest BCUT2D eigenvalue weighted by atomic mass is 10.1. The monoisotopic (exact) mass is 223 g/mol. The zero-order chi connectivity index (χ0) is 12.3. The van der Waals surface area contributed by atoms with Crippen molar-refractivity contribution in [1.29, 1.82) is 0 Å². The Kier molecular flexibility index (Phi) is 4.54. The summed E-state index contributed by atoms with van der Waals surface area (Å²) in [6.07, 6.45) is 2.49. The zero-order valence-corrected chi connectivity index (χ0v) is 11.2. The van der Waals surface area contributed by atoms with E-state index in [-0.39, 0.29) is 6.04 Å². The number of hydrogen-bond donors (Lipinski definition) is 1. The molecule has 2 atom stereocenters. The molecule has 0 aliphatic rings. The smallest absolute Gasteiger partial charge is 0.0644 e. The average Bonchev–Trinajstić information content (AvgIpc) is 2.42. The second-order valence-electron chi connectivity index (χ2n) is 4.95. The van der Waals surface area contributed by atoms with Crippen LogP contribution in [0.15, 0.2) is 0 Å². The minimum absolute atomic E-state index is 0.0789. The van der Waals surface area contributed by atoms with E-state index in [1.165, 1.54) is 24.1 Å². The topological polar surface area (TPSA) is 43.8 Å². The second-order valence-corrected chi connectivity index (χ2v) is 4.95. The fourth-order valence-electron chi connectivity index (χ4n) is 2.43. The van der Waals surface area contributed by atoms with Crippen LogP contribution in [0, 0.1) is 19.8 Å². The average molecular weight is 223 g/mol. The lowest BCUT2D eigenvalue weighted by Crippen LogP contribution is -2.12. The minimum Gasteiger partial charge on any atom is -0.324 e.